The molecule has 0 radical (unpaired) electrons. The Kier molecular flexibility index (Phi) is 3.84. The van der Waals surface area contributed by atoms with Gasteiger partial charge < -0.3 is 5.73 Å². The molecule has 1 heterocycles. The molecule has 0 spiro atoms. The van der Waals surface area contributed by atoms with Gasteiger partial charge in [0.25, 0.3) is 5.92 Å². The Morgan fingerprint density at radius 3 is 2.57 bits per heavy atom. The van der Waals surface area contributed by atoms with Crippen LogP contribution in [0, 0.1) is 0 Å². The summed E-state index contributed by atoms with van der Waals surface area (Å²) in [6.45, 7) is 3.34. The van der Waals surface area contributed by atoms with Crippen LogP contribution in [0.5, 0.6) is 0 Å². The average molecular weight is 206 g/mol. The Hall–Kier alpha value is -0.220. The highest BCUT2D eigenvalue weighted by atomic mass is 19.3. The molecule has 1 aliphatic heterocycles. The Balaban J connectivity index is 2.56. The fourth-order valence-electron chi connectivity index (χ4n) is 2.18. The van der Waals surface area contributed by atoms with Gasteiger partial charge in [0, 0.05) is 12.1 Å². The van der Waals surface area contributed by atoms with Gasteiger partial charge in [0.15, 0.2) is 0 Å². The molecule has 0 aromatic carbocycles. The molecule has 2 nitrogen and oxygen atoms in total. The fraction of sp³-hybridized carbons (Fsp3) is 1.00. The summed E-state index contributed by atoms with van der Waals surface area (Å²) in [5.41, 5.74) is 5.04. The molecule has 0 aromatic rings. The third-order valence-electron chi connectivity index (χ3n) is 3.14. The predicted octanol–water partition coefficient (Wildman–Crippen LogP) is 1.84. The van der Waals surface area contributed by atoms with Gasteiger partial charge in [-0.2, -0.15) is 0 Å². The second-order valence-electron chi connectivity index (χ2n) is 4.22. The lowest BCUT2D eigenvalue weighted by atomic mass is 10.1. The van der Waals surface area contributed by atoms with Crippen LogP contribution < -0.4 is 5.73 Å². The highest BCUT2D eigenvalue weighted by molar-refractivity contribution is 4.87. The summed E-state index contributed by atoms with van der Waals surface area (Å²) in [6.07, 6.45) is 3.02. The van der Waals surface area contributed by atoms with Crippen molar-refractivity contribution in [2.75, 3.05) is 13.1 Å². The minimum Gasteiger partial charge on any atom is -0.325 e. The molecular formula is C10H20F2N2. The summed E-state index contributed by atoms with van der Waals surface area (Å²) in [5.74, 6) is -2.73. The van der Waals surface area contributed by atoms with Gasteiger partial charge in [0.05, 0.1) is 13.1 Å². The third-order valence-corrected chi connectivity index (χ3v) is 3.14. The number of hydrogen-bond donors (Lipinski definition) is 1. The van der Waals surface area contributed by atoms with E-state index in [1.165, 1.54) is 0 Å². The van der Waals surface area contributed by atoms with Crippen molar-refractivity contribution < 1.29 is 8.78 Å². The van der Waals surface area contributed by atoms with Gasteiger partial charge >= 0.3 is 0 Å². The third kappa shape index (κ3) is 2.64. The number of nitrogens with zero attached hydrogens (tertiary/aromatic N) is 1. The standard InChI is InChI=1S/C10H20F2N2/c1-3-9-5-4-8(2)14(9)7-10(11,12)6-13/h8-9H,3-7,13H2,1-2H3. The maximum atomic E-state index is 13.1. The highest BCUT2D eigenvalue weighted by Crippen LogP contribution is 2.28. The first-order valence-corrected chi connectivity index (χ1v) is 5.34. The van der Waals surface area contributed by atoms with Crippen LogP contribution in [0.3, 0.4) is 0 Å². The molecule has 4 heteroatoms. The molecule has 0 amide bonds. The average Bonchev–Trinajstić information content (AvgIpc) is 2.48. The first-order valence-electron chi connectivity index (χ1n) is 5.34. The van der Waals surface area contributed by atoms with Gasteiger partial charge in [-0.3, -0.25) is 4.90 Å². The first kappa shape index (κ1) is 11.9. The lowest BCUT2D eigenvalue weighted by Gasteiger charge is -2.30. The monoisotopic (exact) mass is 206 g/mol. The van der Waals surface area contributed by atoms with Crippen LogP contribution in [-0.2, 0) is 0 Å². The van der Waals surface area contributed by atoms with E-state index in [0.29, 0.717) is 6.04 Å². The first-order chi connectivity index (χ1) is 6.50. The molecule has 2 unspecified atom stereocenters. The zero-order valence-corrected chi connectivity index (χ0v) is 8.97. The van der Waals surface area contributed by atoms with Crippen molar-refractivity contribution in [3.05, 3.63) is 0 Å². The molecule has 2 atom stereocenters. The number of halogens is 2. The van der Waals surface area contributed by atoms with Gasteiger partial charge in [-0.1, -0.05) is 6.92 Å². The summed E-state index contributed by atoms with van der Waals surface area (Å²) < 4.78 is 26.2. The molecule has 1 rings (SSSR count). The van der Waals surface area contributed by atoms with Crippen LogP contribution in [0.25, 0.3) is 0 Å². The SMILES string of the molecule is CCC1CCC(C)N1CC(F)(F)CN. The van der Waals surface area contributed by atoms with Crippen LogP contribution in [0.15, 0.2) is 0 Å². The van der Waals surface area contributed by atoms with Crippen molar-refractivity contribution in [1.29, 1.82) is 0 Å². The van der Waals surface area contributed by atoms with Crippen LogP contribution in [0.2, 0.25) is 0 Å². The van der Waals surface area contributed by atoms with Crippen LogP contribution in [-0.4, -0.2) is 36.0 Å². The lowest BCUT2D eigenvalue weighted by Crippen LogP contribution is -2.46. The van der Waals surface area contributed by atoms with Crippen LogP contribution >= 0.6 is 0 Å². The number of rotatable bonds is 4. The molecule has 84 valence electrons. The molecule has 1 fully saturated rings. The molecule has 0 aliphatic carbocycles. The summed E-state index contributed by atoms with van der Waals surface area (Å²) in [4.78, 5) is 1.91. The maximum absolute atomic E-state index is 13.1. The van der Waals surface area contributed by atoms with Crippen LogP contribution in [0.4, 0.5) is 8.78 Å². The van der Waals surface area contributed by atoms with E-state index >= 15 is 0 Å². The smallest absolute Gasteiger partial charge is 0.272 e. The largest absolute Gasteiger partial charge is 0.325 e. The fourth-order valence-corrected chi connectivity index (χ4v) is 2.18. The van der Waals surface area contributed by atoms with Gasteiger partial charge in [-0.25, -0.2) is 8.78 Å². The molecule has 0 saturated carbocycles. The summed E-state index contributed by atoms with van der Waals surface area (Å²) >= 11 is 0. The highest BCUT2D eigenvalue weighted by Gasteiger charge is 2.37. The Bertz CT molecular complexity index is 185. The topological polar surface area (TPSA) is 29.3 Å². The van der Waals surface area contributed by atoms with Crippen LogP contribution in [0.1, 0.15) is 33.1 Å². The van der Waals surface area contributed by atoms with E-state index in [1.807, 2.05) is 11.8 Å². The van der Waals surface area contributed by atoms with Crippen molar-refractivity contribution in [3.63, 3.8) is 0 Å². The second-order valence-corrected chi connectivity index (χ2v) is 4.22. The van der Waals surface area contributed by atoms with E-state index in [-0.39, 0.29) is 12.6 Å². The van der Waals surface area contributed by atoms with E-state index in [9.17, 15) is 8.78 Å². The number of hydrogen-bond acceptors (Lipinski definition) is 2. The van der Waals surface area contributed by atoms with E-state index in [4.69, 9.17) is 5.73 Å². The van der Waals surface area contributed by atoms with Gasteiger partial charge in [0.2, 0.25) is 0 Å². The number of nitrogens with two attached hydrogens (primary N) is 1. The second kappa shape index (κ2) is 4.53. The quantitative estimate of drug-likeness (QED) is 0.760. The van der Waals surface area contributed by atoms with Crippen molar-refractivity contribution >= 4 is 0 Å². The maximum Gasteiger partial charge on any atom is 0.272 e. The molecule has 1 saturated heterocycles. The Morgan fingerprint density at radius 1 is 1.43 bits per heavy atom. The zero-order valence-electron chi connectivity index (χ0n) is 8.97. The van der Waals surface area contributed by atoms with Crippen molar-refractivity contribution in [3.8, 4) is 0 Å². The zero-order chi connectivity index (χ0) is 10.8. The number of likely N-dealkylation sites (tertiary alicyclic amines) is 1. The normalized spacial score (nSPS) is 29.8. The number of alkyl halides is 2. The van der Waals surface area contributed by atoms with Gasteiger partial charge in [-0.15, -0.1) is 0 Å². The minimum atomic E-state index is -2.73. The van der Waals surface area contributed by atoms with Gasteiger partial charge in [0.1, 0.15) is 0 Å². The Morgan fingerprint density at radius 2 is 2.07 bits per heavy atom. The molecule has 14 heavy (non-hydrogen) atoms. The van der Waals surface area contributed by atoms with E-state index < -0.39 is 12.5 Å². The Labute approximate surface area is 84.4 Å². The molecule has 1 aliphatic rings. The van der Waals surface area contributed by atoms with Crippen molar-refractivity contribution in [2.24, 2.45) is 5.73 Å². The van der Waals surface area contributed by atoms with Gasteiger partial charge in [-0.05, 0) is 26.2 Å². The van der Waals surface area contributed by atoms with Crippen molar-refractivity contribution in [1.82, 2.24) is 4.90 Å². The molecule has 0 aromatic heterocycles. The lowest BCUT2D eigenvalue weighted by molar-refractivity contribution is -0.0351. The molecular weight excluding hydrogens is 186 g/mol. The summed E-state index contributed by atoms with van der Waals surface area (Å²) in [7, 11) is 0. The van der Waals surface area contributed by atoms with E-state index in [0.717, 1.165) is 19.3 Å². The summed E-state index contributed by atoms with van der Waals surface area (Å²) in [5, 5.41) is 0. The predicted molar refractivity (Wildman–Crippen MR) is 53.5 cm³/mol. The summed E-state index contributed by atoms with van der Waals surface area (Å²) in [6, 6.07) is 0.597. The molecule has 2 N–H and O–H groups in total. The van der Waals surface area contributed by atoms with E-state index in [2.05, 4.69) is 6.92 Å². The molecule has 0 bridgehead atoms. The van der Waals surface area contributed by atoms with E-state index in [1.54, 1.807) is 0 Å². The van der Waals surface area contributed by atoms with Crippen molar-refractivity contribution in [2.45, 2.75) is 51.1 Å². The minimum absolute atomic E-state index is 0.177.